The Kier molecular flexibility index (Phi) is 5.79. The molecule has 2 aliphatic rings. The molecule has 0 fully saturated rings. The van der Waals surface area contributed by atoms with Gasteiger partial charge in [-0.25, -0.2) is 0 Å². The second-order valence-electron chi connectivity index (χ2n) is 7.50. The van der Waals surface area contributed by atoms with E-state index in [2.05, 4.69) is 10.6 Å². The van der Waals surface area contributed by atoms with Crippen molar-refractivity contribution in [2.45, 2.75) is 26.1 Å². The number of hydrogen-bond donors (Lipinski definition) is 2. The largest absolute Gasteiger partial charge is 0.479 e. The quantitative estimate of drug-likeness (QED) is 0.636. The average Bonchev–Trinajstić information content (AvgIpc) is 2.74. The highest BCUT2D eigenvalue weighted by atomic mass is 32.2. The van der Waals surface area contributed by atoms with E-state index in [1.165, 1.54) is 24.3 Å². The lowest BCUT2D eigenvalue weighted by Crippen LogP contribution is -2.34. The summed E-state index contributed by atoms with van der Waals surface area (Å²) in [5, 5.41) is 5.31. The fourth-order valence-corrected chi connectivity index (χ4v) is 4.29. The first kappa shape index (κ1) is 21.7. The highest BCUT2D eigenvalue weighted by molar-refractivity contribution is 7.86. The van der Waals surface area contributed by atoms with Crippen molar-refractivity contribution >= 4 is 45.6 Å². The van der Waals surface area contributed by atoms with Crippen molar-refractivity contribution < 1.29 is 32.9 Å². The Morgan fingerprint density at radius 2 is 1.22 bits per heavy atom. The van der Waals surface area contributed by atoms with Crippen LogP contribution in [0, 0.1) is 0 Å². The second-order valence-corrected chi connectivity index (χ2v) is 8.95. The van der Waals surface area contributed by atoms with E-state index in [0.717, 1.165) is 0 Å². The lowest BCUT2D eigenvalue weighted by Gasteiger charge is -2.23. The first-order valence-corrected chi connectivity index (χ1v) is 11.3. The van der Waals surface area contributed by atoms with Crippen molar-refractivity contribution in [3.8, 4) is 11.5 Å². The number of rotatable bonds is 6. The molecule has 2 amide bonds. The van der Waals surface area contributed by atoms with Gasteiger partial charge in [0.05, 0.1) is 22.9 Å². The van der Waals surface area contributed by atoms with Gasteiger partial charge in [-0.05, 0) is 50.2 Å². The van der Waals surface area contributed by atoms with E-state index in [-0.39, 0.29) is 34.4 Å². The predicted octanol–water partition coefficient (Wildman–Crippen LogP) is 1.94. The van der Waals surface area contributed by atoms with Crippen LogP contribution in [0.15, 0.2) is 36.4 Å². The molecule has 2 aromatic carbocycles. The van der Waals surface area contributed by atoms with Crippen LogP contribution in [-0.2, 0) is 20.4 Å². The Balaban J connectivity index is 1.40. The zero-order valence-electron chi connectivity index (χ0n) is 17.3. The molecule has 9 nitrogen and oxygen atoms in total. The van der Waals surface area contributed by atoms with Crippen molar-refractivity contribution in [2.75, 3.05) is 22.1 Å². The molecule has 0 saturated carbocycles. The molecular weight excluding hydrogens is 436 g/mol. The Bertz CT molecular complexity index is 1090. The highest BCUT2D eigenvalue weighted by Gasteiger charge is 2.26. The molecule has 10 heteroatoms. The van der Waals surface area contributed by atoms with E-state index in [4.69, 9.17) is 9.47 Å². The van der Waals surface area contributed by atoms with E-state index in [0.29, 0.717) is 22.9 Å². The summed E-state index contributed by atoms with van der Waals surface area (Å²) in [5.41, 5.74) is 1.25. The van der Waals surface area contributed by atoms with Crippen LogP contribution in [-0.4, -0.2) is 51.3 Å². The van der Waals surface area contributed by atoms with Crippen molar-refractivity contribution in [1.82, 2.24) is 0 Å². The molecule has 4 rings (SSSR count). The van der Waals surface area contributed by atoms with Crippen molar-refractivity contribution in [2.24, 2.45) is 0 Å². The normalized spacial score (nSPS) is 19.9. The van der Waals surface area contributed by atoms with E-state index < -0.39 is 34.6 Å². The van der Waals surface area contributed by atoms with Gasteiger partial charge < -0.3 is 20.1 Å². The summed E-state index contributed by atoms with van der Waals surface area (Å²) in [5.74, 6) is -1.30. The van der Waals surface area contributed by atoms with Crippen LogP contribution in [0.5, 0.6) is 11.5 Å². The van der Waals surface area contributed by atoms with Gasteiger partial charge in [0.25, 0.3) is 11.8 Å². The standard InChI is InChI=1S/C22H20N2O7S/c1-11-21(27)23-15-7-13(3-5-19(15)30-11)17(25)9-32(29)10-18(26)14-4-6-20-16(8-14)24-22(28)12(2)31-20/h3-8,11-12H,9-10H2,1-2H3,(H,23,27)(H,24,28). The van der Waals surface area contributed by atoms with E-state index >= 15 is 0 Å². The van der Waals surface area contributed by atoms with Gasteiger partial charge in [0.15, 0.2) is 23.8 Å². The van der Waals surface area contributed by atoms with Crippen LogP contribution in [0.3, 0.4) is 0 Å². The number of Topliss-reactive ketones (excluding diaryl/α,β-unsaturated/α-hetero) is 2. The first-order chi connectivity index (χ1) is 15.2. The average molecular weight is 456 g/mol. The van der Waals surface area contributed by atoms with Gasteiger partial charge in [0.2, 0.25) is 0 Å². The lowest BCUT2D eigenvalue weighted by molar-refractivity contribution is -0.123. The minimum Gasteiger partial charge on any atom is -0.479 e. The summed E-state index contributed by atoms with van der Waals surface area (Å²) in [4.78, 5) is 48.6. The number of anilines is 2. The Morgan fingerprint density at radius 3 is 1.62 bits per heavy atom. The summed E-state index contributed by atoms with van der Waals surface area (Å²) in [6.45, 7) is 3.23. The third-order valence-electron chi connectivity index (χ3n) is 5.05. The molecule has 0 bridgehead atoms. The van der Waals surface area contributed by atoms with Crippen LogP contribution in [0.4, 0.5) is 11.4 Å². The molecule has 0 aromatic heterocycles. The molecule has 2 atom stereocenters. The minimum atomic E-state index is -1.75. The summed E-state index contributed by atoms with van der Waals surface area (Å²) in [6.07, 6.45) is -1.26. The lowest BCUT2D eigenvalue weighted by atomic mass is 10.1. The molecule has 2 aromatic rings. The number of nitrogens with one attached hydrogen (secondary N) is 2. The van der Waals surface area contributed by atoms with Crippen molar-refractivity contribution in [3.05, 3.63) is 47.5 Å². The Hall–Kier alpha value is -3.53. The summed E-state index contributed by atoms with van der Waals surface area (Å²) in [7, 11) is -1.75. The molecule has 2 N–H and O–H groups in total. The summed E-state index contributed by atoms with van der Waals surface area (Å²) < 4.78 is 23.4. The van der Waals surface area contributed by atoms with Gasteiger partial charge in [-0.1, -0.05) is 0 Å². The molecular formula is C22H20N2O7S. The van der Waals surface area contributed by atoms with Crippen LogP contribution < -0.4 is 20.1 Å². The summed E-state index contributed by atoms with van der Waals surface area (Å²) in [6, 6.07) is 9.12. The molecule has 2 unspecified atom stereocenters. The van der Waals surface area contributed by atoms with E-state index in [1.807, 2.05) is 0 Å². The molecule has 2 aliphatic heterocycles. The molecule has 0 radical (unpaired) electrons. The van der Waals surface area contributed by atoms with Gasteiger partial charge in [-0.2, -0.15) is 0 Å². The minimum absolute atomic E-state index is 0.255. The number of benzene rings is 2. The third-order valence-corrected chi connectivity index (χ3v) is 6.22. The Labute approximate surface area is 185 Å². The number of fused-ring (bicyclic) bond motifs is 2. The molecule has 166 valence electrons. The fraction of sp³-hybridized carbons (Fsp3) is 0.273. The zero-order valence-corrected chi connectivity index (χ0v) is 18.1. The monoisotopic (exact) mass is 456 g/mol. The first-order valence-electron chi connectivity index (χ1n) is 9.86. The number of ether oxygens (including phenoxy) is 2. The second kappa shape index (κ2) is 8.54. The van der Waals surface area contributed by atoms with Crippen molar-refractivity contribution in [3.63, 3.8) is 0 Å². The Morgan fingerprint density at radius 1 is 0.812 bits per heavy atom. The number of hydrogen-bond acceptors (Lipinski definition) is 7. The maximum atomic E-state index is 12.5. The van der Waals surface area contributed by atoms with Gasteiger partial charge >= 0.3 is 0 Å². The van der Waals surface area contributed by atoms with E-state index in [9.17, 15) is 23.4 Å². The zero-order chi connectivity index (χ0) is 23.0. The van der Waals surface area contributed by atoms with Crippen LogP contribution in [0.25, 0.3) is 0 Å². The van der Waals surface area contributed by atoms with Gasteiger partial charge in [-0.3, -0.25) is 23.4 Å². The number of amides is 2. The van der Waals surface area contributed by atoms with Gasteiger partial charge in [0.1, 0.15) is 11.5 Å². The topological polar surface area (TPSA) is 128 Å². The van der Waals surface area contributed by atoms with Crippen LogP contribution >= 0.6 is 0 Å². The van der Waals surface area contributed by atoms with Gasteiger partial charge in [-0.15, -0.1) is 0 Å². The maximum Gasteiger partial charge on any atom is 0.265 e. The maximum absolute atomic E-state index is 12.5. The molecule has 0 aliphatic carbocycles. The highest BCUT2D eigenvalue weighted by Crippen LogP contribution is 2.31. The van der Waals surface area contributed by atoms with Crippen molar-refractivity contribution in [1.29, 1.82) is 0 Å². The third kappa shape index (κ3) is 4.40. The number of ketones is 2. The summed E-state index contributed by atoms with van der Waals surface area (Å²) >= 11 is 0. The van der Waals surface area contributed by atoms with Crippen LogP contribution in [0.1, 0.15) is 34.6 Å². The number of carbonyl (C=O) groups excluding carboxylic acids is 4. The molecule has 32 heavy (non-hydrogen) atoms. The number of carbonyl (C=O) groups is 4. The molecule has 2 heterocycles. The molecule has 0 saturated heterocycles. The van der Waals surface area contributed by atoms with Crippen LogP contribution in [0.2, 0.25) is 0 Å². The van der Waals surface area contributed by atoms with E-state index in [1.54, 1.807) is 26.0 Å². The smallest absolute Gasteiger partial charge is 0.265 e. The SMILES string of the molecule is CC1Oc2ccc(C(=O)CS(=O)CC(=O)c3ccc4c(c3)NC(=O)C(C)O4)cc2NC1=O. The van der Waals surface area contributed by atoms with Gasteiger partial charge in [0, 0.05) is 21.9 Å². The fourth-order valence-electron chi connectivity index (χ4n) is 3.27. The molecule has 0 spiro atoms. The predicted molar refractivity (Wildman–Crippen MR) is 117 cm³/mol.